The lowest BCUT2D eigenvalue weighted by Gasteiger charge is -2.35. The van der Waals surface area contributed by atoms with Crippen molar-refractivity contribution < 1.29 is 5.11 Å². The van der Waals surface area contributed by atoms with Crippen LogP contribution in [0.5, 0.6) is 0 Å². The van der Waals surface area contributed by atoms with E-state index in [4.69, 9.17) is 16.7 Å². The molecule has 106 valence electrons. The lowest BCUT2D eigenvalue weighted by Crippen LogP contribution is -2.37. The Morgan fingerprint density at radius 3 is 2.53 bits per heavy atom. The minimum atomic E-state index is 0.0465. The summed E-state index contributed by atoms with van der Waals surface area (Å²) in [5, 5.41) is 9.85. The highest BCUT2D eigenvalue weighted by atomic mass is 35.5. The number of anilines is 1. The average molecular weight is 283 g/mol. The molecule has 0 spiro atoms. The normalized spacial score (nSPS) is 17.2. The largest absolute Gasteiger partial charge is 0.392 e. The fourth-order valence-corrected chi connectivity index (χ4v) is 3.10. The zero-order valence-corrected chi connectivity index (χ0v) is 12.5. The minimum Gasteiger partial charge on any atom is -0.392 e. The summed E-state index contributed by atoms with van der Waals surface area (Å²) in [6.07, 6.45) is 2.44. The second-order valence-electron chi connectivity index (χ2n) is 5.64. The van der Waals surface area contributed by atoms with Crippen LogP contribution in [0, 0.1) is 5.92 Å². The van der Waals surface area contributed by atoms with Crippen LogP contribution in [0.2, 0.25) is 5.02 Å². The van der Waals surface area contributed by atoms with Gasteiger partial charge >= 0.3 is 0 Å². The van der Waals surface area contributed by atoms with Crippen LogP contribution in [0.15, 0.2) is 18.2 Å². The quantitative estimate of drug-likeness (QED) is 0.920. The first-order valence-corrected chi connectivity index (χ1v) is 7.27. The zero-order chi connectivity index (χ0) is 13.8. The Bertz CT molecular complexity index is 415. The molecule has 1 saturated heterocycles. The van der Waals surface area contributed by atoms with Crippen molar-refractivity contribution in [2.24, 2.45) is 5.92 Å². The van der Waals surface area contributed by atoms with Crippen molar-refractivity contribution in [1.82, 2.24) is 4.90 Å². The minimum absolute atomic E-state index is 0.0465. The first-order valence-electron chi connectivity index (χ1n) is 6.89. The molecule has 0 bridgehead atoms. The summed E-state index contributed by atoms with van der Waals surface area (Å²) in [6.45, 7) is 3.35. The summed E-state index contributed by atoms with van der Waals surface area (Å²) < 4.78 is 0. The molecule has 0 atom stereocenters. The van der Waals surface area contributed by atoms with Gasteiger partial charge in [0.1, 0.15) is 0 Å². The van der Waals surface area contributed by atoms with E-state index in [0.29, 0.717) is 0 Å². The summed E-state index contributed by atoms with van der Waals surface area (Å²) >= 11 is 6.30. The van der Waals surface area contributed by atoms with Crippen LogP contribution in [0.25, 0.3) is 0 Å². The molecule has 1 aliphatic heterocycles. The maximum Gasteiger partial charge on any atom is 0.0682 e. The van der Waals surface area contributed by atoms with Gasteiger partial charge in [-0.05, 0) is 50.6 Å². The lowest BCUT2D eigenvalue weighted by molar-refractivity contribution is 0.281. The monoisotopic (exact) mass is 282 g/mol. The van der Waals surface area contributed by atoms with Gasteiger partial charge in [0.2, 0.25) is 0 Å². The van der Waals surface area contributed by atoms with Gasteiger partial charge in [-0.1, -0.05) is 17.7 Å². The first-order chi connectivity index (χ1) is 9.10. The Morgan fingerprint density at radius 2 is 2.00 bits per heavy atom. The SMILES string of the molecule is CN(C)CC1CCN(c2ccc(CO)cc2Cl)CC1. The molecular formula is C15H23ClN2O. The topological polar surface area (TPSA) is 26.7 Å². The number of benzene rings is 1. The van der Waals surface area contributed by atoms with E-state index in [2.05, 4.69) is 23.9 Å². The molecule has 0 radical (unpaired) electrons. The Kier molecular flexibility index (Phi) is 5.08. The maximum absolute atomic E-state index is 9.10. The lowest BCUT2D eigenvalue weighted by atomic mass is 9.96. The molecule has 1 N–H and O–H groups in total. The van der Waals surface area contributed by atoms with Gasteiger partial charge in [-0.25, -0.2) is 0 Å². The van der Waals surface area contributed by atoms with Crippen molar-refractivity contribution >= 4 is 17.3 Å². The van der Waals surface area contributed by atoms with Crippen molar-refractivity contribution in [2.45, 2.75) is 19.4 Å². The van der Waals surface area contributed by atoms with Crippen LogP contribution in [-0.4, -0.2) is 43.7 Å². The Labute approximate surface area is 120 Å². The van der Waals surface area contributed by atoms with Gasteiger partial charge in [0.25, 0.3) is 0 Å². The molecule has 1 fully saturated rings. The molecular weight excluding hydrogens is 260 g/mol. The van der Waals surface area contributed by atoms with E-state index in [1.165, 1.54) is 19.4 Å². The Morgan fingerprint density at radius 1 is 1.32 bits per heavy atom. The van der Waals surface area contributed by atoms with Gasteiger partial charge in [-0.15, -0.1) is 0 Å². The summed E-state index contributed by atoms with van der Waals surface area (Å²) in [5.41, 5.74) is 1.97. The van der Waals surface area contributed by atoms with E-state index < -0.39 is 0 Å². The average Bonchev–Trinajstić information content (AvgIpc) is 2.39. The van der Waals surface area contributed by atoms with E-state index in [1.807, 2.05) is 18.2 Å². The fraction of sp³-hybridized carbons (Fsp3) is 0.600. The number of aliphatic hydroxyl groups excluding tert-OH is 1. The molecule has 0 aliphatic carbocycles. The van der Waals surface area contributed by atoms with Crippen molar-refractivity contribution in [2.75, 3.05) is 38.6 Å². The van der Waals surface area contributed by atoms with Crippen LogP contribution < -0.4 is 4.90 Å². The van der Waals surface area contributed by atoms with Crippen molar-refractivity contribution in [1.29, 1.82) is 0 Å². The molecule has 0 aromatic heterocycles. The molecule has 1 heterocycles. The molecule has 3 nitrogen and oxygen atoms in total. The predicted octanol–water partition coefficient (Wildman–Crippen LogP) is 2.61. The number of nitrogens with zero attached hydrogens (tertiary/aromatic N) is 2. The second-order valence-corrected chi connectivity index (χ2v) is 6.04. The third kappa shape index (κ3) is 3.85. The summed E-state index contributed by atoms with van der Waals surface area (Å²) in [5.74, 6) is 0.793. The van der Waals surface area contributed by atoms with E-state index in [0.717, 1.165) is 35.3 Å². The Hall–Kier alpha value is -0.770. The van der Waals surface area contributed by atoms with Gasteiger partial charge in [0.05, 0.1) is 17.3 Å². The van der Waals surface area contributed by atoms with Gasteiger partial charge in [-0.3, -0.25) is 0 Å². The number of aliphatic hydroxyl groups is 1. The smallest absolute Gasteiger partial charge is 0.0682 e. The summed E-state index contributed by atoms with van der Waals surface area (Å²) in [6, 6.07) is 5.84. The van der Waals surface area contributed by atoms with Crippen LogP contribution in [-0.2, 0) is 6.61 Å². The molecule has 0 unspecified atom stereocenters. The molecule has 4 heteroatoms. The molecule has 1 aromatic carbocycles. The molecule has 1 aromatic rings. The highest BCUT2D eigenvalue weighted by molar-refractivity contribution is 6.33. The molecule has 1 aliphatic rings. The van der Waals surface area contributed by atoms with Gasteiger partial charge in [0, 0.05) is 19.6 Å². The van der Waals surface area contributed by atoms with Crippen LogP contribution in [0.1, 0.15) is 18.4 Å². The standard InChI is InChI=1S/C15H23ClN2O/c1-17(2)10-12-5-7-18(8-6-12)15-4-3-13(11-19)9-14(15)16/h3-4,9,12,19H,5-8,10-11H2,1-2H3. The number of hydrogen-bond acceptors (Lipinski definition) is 3. The van der Waals surface area contributed by atoms with Crippen molar-refractivity contribution in [3.05, 3.63) is 28.8 Å². The van der Waals surface area contributed by atoms with Gasteiger partial charge < -0.3 is 14.9 Å². The highest BCUT2D eigenvalue weighted by Gasteiger charge is 2.21. The predicted molar refractivity (Wildman–Crippen MR) is 80.9 cm³/mol. The number of rotatable bonds is 4. The number of hydrogen-bond donors (Lipinski definition) is 1. The first kappa shape index (κ1) is 14.6. The fourth-order valence-electron chi connectivity index (χ4n) is 2.78. The maximum atomic E-state index is 9.10. The number of piperidine rings is 1. The highest BCUT2D eigenvalue weighted by Crippen LogP contribution is 2.30. The van der Waals surface area contributed by atoms with E-state index in [9.17, 15) is 0 Å². The van der Waals surface area contributed by atoms with E-state index in [1.54, 1.807) is 0 Å². The second kappa shape index (κ2) is 6.60. The third-order valence-corrected chi connectivity index (χ3v) is 4.08. The van der Waals surface area contributed by atoms with E-state index >= 15 is 0 Å². The third-order valence-electron chi connectivity index (χ3n) is 3.77. The van der Waals surface area contributed by atoms with Crippen LogP contribution in [0.3, 0.4) is 0 Å². The number of halogens is 1. The summed E-state index contributed by atoms with van der Waals surface area (Å²) in [4.78, 5) is 4.62. The molecule has 19 heavy (non-hydrogen) atoms. The van der Waals surface area contributed by atoms with Crippen molar-refractivity contribution in [3.63, 3.8) is 0 Å². The molecule has 0 amide bonds. The van der Waals surface area contributed by atoms with Gasteiger partial charge in [-0.2, -0.15) is 0 Å². The summed E-state index contributed by atoms with van der Waals surface area (Å²) in [7, 11) is 4.27. The molecule has 2 rings (SSSR count). The molecule has 0 saturated carbocycles. The van der Waals surface area contributed by atoms with Crippen LogP contribution >= 0.6 is 11.6 Å². The van der Waals surface area contributed by atoms with Gasteiger partial charge in [0.15, 0.2) is 0 Å². The zero-order valence-electron chi connectivity index (χ0n) is 11.8. The van der Waals surface area contributed by atoms with E-state index in [-0.39, 0.29) is 6.61 Å². The Balaban J connectivity index is 1.97. The van der Waals surface area contributed by atoms with Crippen molar-refractivity contribution in [3.8, 4) is 0 Å². The van der Waals surface area contributed by atoms with Crippen LogP contribution in [0.4, 0.5) is 5.69 Å².